The number of anilines is 1. The average Bonchev–Trinajstić information content (AvgIpc) is 3.15. The lowest BCUT2D eigenvalue weighted by atomic mass is 10.0. The highest BCUT2D eigenvalue weighted by Crippen LogP contribution is 2.33. The summed E-state index contributed by atoms with van der Waals surface area (Å²) in [6.07, 6.45) is 0.342. The predicted molar refractivity (Wildman–Crippen MR) is 122 cm³/mol. The number of hydrogen-bond acceptors (Lipinski definition) is 7. The monoisotopic (exact) mass is 484 g/mol. The van der Waals surface area contributed by atoms with E-state index in [4.69, 9.17) is 0 Å². The molecule has 34 heavy (non-hydrogen) atoms. The van der Waals surface area contributed by atoms with Crippen LogP contribution in [0.4, 0.5) is 5.69 Å². The number of sulfonamides is 1. The fourth-order valence-electron chi connectivity index (χ4n) is 4.81. The number of piperazine rings is 1. The van der Waals surface area contributed by atoms with Crippen LogP contribution >= 0.6 is 0 Å². The Morgan fingerprint density at radius 1 is 0.971 bits per heavy atom. The smallest absolute Gasteiger partial charge is 0.255 e. The minimum absolute atomic E-state index is 0.000889. The van der Waals surface area contributed by atoms with Crippen LogP contribution in [0.2, 0.25) is 0 Å². The number of phenols is 1. The van der Waals surface area contributed by atoms with Crippen molar-refractivity contribution in [1.82, 2.24) is 14.5 Å². The van der Waals surface area contributed by atoms with Gasteiger partial charge in [-0.2, -0.15) is 4.31 Å². The molecule has 0 radical (unpaired) electrons. The van der Waals surface area contributed by atoms with Crippen LogP contribution in [0, 0.1) is 0 Å². The van der Waals surface area contributed by atoms with Crippen molar-refractivity contribution in [2.75, 3.05) is 31.1 Å². The lowest BCUT2D eigenvalue weighted by molar-refractivity contribution is -0.136. The molecule has 3 aliphatic heterocycles. The van der Waals surface area contributed by atoms with Crippen molar-refractivity contribution in [3.63, 3.8) is 0 Å². The number of carbonyl (C=O) groups excluding carboxylic acids is 3. The molecule has 0 spiro atoms. The van der Waals surface area contributed by atoms with Gasteiger partial charge in [0.2, 0.25) is 21.8 Å². The highest BCUT2D eigenvalue weighted by molar-refractivity contribution is 7.89. The van der Waals surface area contributed by atoms with Crippen molar-refractivity contribution >= 4 is 33.4 Å². The molecule has 3 amide bonds. The van der Waals surface area contributed by atoms with E-state index < -0.39 is 27.9 Å². The summed E-state index contributed by atoms with van der Waals surface area (Å²) in [5.41, 5.74) is 1.47. The molecule has 178 valence electrons. The Labute approximate surface area is 196 Å². The first-order valence-corrected chi connectivity index (χ1v) is 12.5. The molecule has 0 bridgehead atoms. The van der Waals surface area contributed by atoms with E-state index in [9.17, 15) is 27.9 Å². The second-order valence-electron chi connectivity index (χ2n) is 8.59. The third-order valence-electron chi connectivity index (χ3n) is 6.59. The Morgan fingerprint density at radius 2 is 1.71 bits per heavy atom. The SMILES string of the molecule is O=C1CCC(N2Cc3c(cccc3S(=O)(=O)N3CCN(c4cccc(O)c4)CC3)C2=O)C(=O)N1. The largest absolute Gasteiger partial charge is 0.508 e. The molecule has 0 aromatic heterocycles. The van der Waals surface area contributed by atoms with Crippen LogP contribution in [0.5, 0.6) is 5.75 Å². The van der Waals surface area contributed by atoms with Crippen LogP contribution in [-0.4, -0.2) is 72.7 Å². The van der Waals surface area contributed by atoms with Crippen molar-refractivity contribution in [2.45, 2.75) is 30.3 Å². The molecule has 2 aromatic rings. The van der Waals surface area contributed by atoms with E-state index in [1.165, 1.54) is 15.3 Å². The van der Waals surface area contributed by atoms with Gasteiger partial charge in [-0.25, -0.2) is 8.42 Å². The van der Waals surface area contributed by atoms with E-state index in [1.54, 1.807) is 30.3 Å². The number of nitrogens with zero attached hydrogens (tertiary/aromatic N) is 3. The normalized spacial score (nSPS) is 21.5. The number of amides is 3. The van der Waals surface area contributed by atoms with Gasteiger partial charge < -0.3 is 14.9 Å². The Bertz CT molecular complexity index is 1290. The van der Waals surface area contributed by atoms with E-state index in [-0.39, 0.29) is 54.6 Å². The standard InChI is InChI=1S/C23H24N4O6S/c28-16-4-1-3-15(13-16)25-9-11-26(12-10-25)34(32,33)20-6-2-5-17-18(20)14-27(23(17)31)19-7-8-21(29)24-22(19)30/h1-6,13,19,28H,7-12,14H2,(H,24,29,30). The van der Waals surface area contributed by atoms with Crippen molar-refractivity contribution in [1.29, 1.82) is 0 Å². The van der Waals surface area contributed by atoms with Crippen LogP contribution < -0.4 is 10.2 Å². The fourth-order valence-corrected chi connectivity index (χ4v) is 6.47. The number of carbonyl (C=O) groups is 3. The van der Waals surface area contributed by atoms with E-state index in [0.29, 0.717) is 18.7 Å². The maximum Gasteiger partial charge on any atom is 0.255 e. The Morgan fingerprint density at radius 3 is 2.41 bits per heavy atom. The fraction of sp³-hybridized carbons (Fsp3) is 0.348. The van der Waals surface area contributed by atoms with Gasteiger partial charge in [0, 0.05) is 62.0 Å². The molecule has 0 aliphatic carbocycles. The molecular formula is C23H24N4O6S. The van der Waals surface area contributed by atoms with Gasteiger partial charge in [0.1, 0.15) is 11.8 Å². The van der Waals surface area contributed by atoms with Crippen LogP contribution in [0.1, 0.15) is 28.8 Å². The second kappa shape index (κ2) is 8.41. The number of hydrogen-bond donors (Lipinski definition) is 2. The zero-order valence-corrected chi connectivity index (χ0v) is 19.1. The zero-order valence-electron chi connectivity index (χ0n) is 18.3. The summed E-state index contributed by atoms with van der Waals surface area (Å²) in [5, 5.41) is 12.0. The van der Waals surface area contributed by atoms with Crippen molar-refractivity contribution < 1.29 is 27.9 Å². The lowest BCUT2D eigenvalue weighted by Crippen LogP contribution is -2.52. The molecule has 0 saturated carbocycles. The van der Waals surface area contributed by atoms with Crippen molar-refractivity contribution in [3.05, 3.63) is 53.6 Å². The molecular weight excluding hydrogens is 460 g/mol. The van der Waals surface area contributed by atoms with Crippen LogP contribution in [0.3, 0.4) is 0 Å². The summed E-state index contributed by atoms with van der Waals surface area (Å²) in [5.74, 6) is -1.17. The number of fused-ring (bicyclic) bond motifs is 1. The third kappa shape index (κ3) is 3.80. The van der Waals surface area contributed by atoms with E-state index >= 15 is 0 Å². The van der Waals surface area contributed by atoms with Crippen LogP contribution in [0.15, 0.2) is 47.4 Å². The summed E-state index contributed by atoms with van der Waals surface area (Å²) in [6, 6.07) is 10.6. The average molecular weight is 485 g/mol. The number of piperidine rings is 1. The van der Waals surface area contributed by atoms with Crippen LogP contribution in [0.25, 0.3) is 0 Å². The van der Waals surface area contributed by atoms with E-state index in [2.05, 4.69) is 5.32 Å². The molecule has 3 aliphatic rings. The molecule has 3 heterocycles. The van der Waals surface area contributed by atoms with Crippen molar-refractivity contribution in [2.24, 2.45) is 0 Å². The van der Waals surface area contributed by atoms with E-state index in [0.717, 1.165) is 5.69 Å². The maximum absolute atomic E-state index is 13.6. The van der Waals surface area contributed by atoms with Gasteiger partial charge in [0.25, 0.3) is 5.91 Å². The van der Waals surface area contributed by atoms with Gasteiger partial charge >= 0.3 is 0 Å². The summed E-state index contributed by atoms with van der Waals surface area (Å²) >= 11 is 0. The zero-order chi connectivity index (χ0) is 24.0. The van der Waals surface area contributed by atoms with Crippen molar-refractivity contribution in [3.8, 4) is 5.75 Å². The van der Waals surface area contributed by atoms with Gasteiger partial charge in [0.15, 0.2) is 0 Å². The Kier molecular flexibility index (Phi) is 5.53. The third-order valence-corrected chi connectivity index (χ3v) is 8.57. The Balaban J connectivity index is 1.36. The van der Waals surface area contributed by atoms with E-state index in [1.807, 2.05) is 11.0 Å². The molecule has 5 rings (SSSR count). The Hall–Kier alpha value is -3.44. The second-order valence-corrected chi connectivity index (χ2v) is 10.5. The number of imide groups is 1. The minimum atomic E-state index is -3.88. The minimum Gasteiger partial charge on any atom is -0.508 e. The van der Waals surface area contributed by atoms with Crippen LogP contribution in [-0.2, 0) is 26.2 Å². The predicted octanol–water partition coefficient (Wildman–Crippen LogP) is 0.664. The number of nitrogens with one attached hydrogen (secondary N) is 1. The molecule has 1 unspecified atom stereocenters. The molecule has 2 saturated heterocycles. The summed E-state index contributed by atoms with van der Waals surface area (Å²) in [7, 11) is -3.88. The summed E-state index contributed by atoms with van der Waals surface area (Å²) < 4.78 is 28.5. The lowest BCUT2D eigenvalue weighted by Gasteiger charge is -2.35. The number of rotatable bonds is 4. The quantitative estimate of drug-likeness (QED) is 0.611. The number of aromatic hydroxyl groups is 1. The van der Waals surface area contributed by atoms with Gasteiger partial charge in [-0.3, -0.25) is 19.7 Å². The number of phenolic OH excluding ortho intramolecular Hbond substituents is 1. The molecule has 10 nitrogen and oxygen atoms in total. The molecule has 1 atom stereocenters. The summed E-state index contributed by atoms with van der Waals surface area (Å²) in [4.78, 5) is 40.3. The maximum atomic E-state index is 13.6. The molecule has 2 N–H and O–H groups in total. The number of benzene rings is 2. The van der Waals surface area contributed by atoms with Gasteiger partial charge in [-0.1, -0.05) is 12.1 Å². The highest BCUT2D eigenvalue weighted by Gasteiger charge is 2.42. The molecule has 2 fully saturated rings. The summed E-state index contributed by atoms with van der Waals surface area (Å²) in [6.45, 7) is 1.43. The first kappa shape index (κ1) is 22.4. The first-order valence-electron chi connectivity index (χ1n) is 11.1. The molecule has 11 heteroatoms. The topological polar surface area (TPSA) is 127 Å². The highest BCUT2D eigenvalue weighted by atomic mass is 32.2. The van der Waals surface area contributed by atoms with Gasteiger partial charge in [-0.05, 0) is 30.7 Å². The van der Waals surface area contributed by atoms with Gasteiger partial charge in [0.05, 0.1) is 4.90 Å². The van der Waals surface area contributed by atoms with Gasteiger partial charge in [-0.15, -0.1) is 0 Å². The molecule has 2 aromatic carbocycles. The first-order chi connectivity index (χ1) is 16.3.